The third-order valence-electron chi connectivity index (χ3n) is 5.54. The van der Waals surface area contributed by atoms with Crippen molar-refractivity contribution in [3.8, 4) is 22.6 Å². The molecule has 0 radical (unpaired) electrons. The predicted molar refractivity (Wildman–Crippen MR) is 118 cm³/mol. The molecule has 8 nitrogen and oxygen atoms in total. The molecule has 4 rings (SSSR count). The van der Waals surface area contributed by atoms with E-state index in [9.17, 15) is 28.1 Å². The number of non-ortho nitro benzene ring substituents is 1. The Bertz CT molecular complexity index is 1230. The summed E-state index contributed by atoms with van der Waals surface area (Å²) in [5, 5.41) is 11.3. The van der Waals surface area contributed by atoms with Gasteiger partial charge in [0.2, 0.25) is 0 Å². The number of aromatic nitrogens is 2. The van der Waals surface area contributed by atoms with Crippen molar-refractivity contribution in [3.63, 3.8) is 0 Å². The summed E-state index contributed by atoms with van der Waals surface area (Å²) in [5.74, 6) is -1.09. The van der Waals surface area contributed by atoms with Crippen LogP contribution in [0.3, 0.4) is 0 Å². The summed E-state index contributed by atoms with van der Waals surface area (Å²) in [6.45, 7) is 1.48. The van der Waals surface area contributed by atoms with Crippen LogP contribution >= 0.6 is 0 Å². The molecule has 1 amide bonds. The third kappa shape index (κ3) is 4.74. The lowest BCUT2D eigenvalue weighted by molar-refractivity contribution is -0.384. The van der Waals surface area contributed by atoms with Crippen molar-refractivity contribution in [2.75, 3.05) is 33.2 Å². The Labute approximate surface area is 192 Å². The fraction of sp³-hybridized carbons (Fsp3) is 0.261. The van der Waals surface area contributed by atoms with Gasteiger partial charge in [0.05, 0.1) is 16.2 Å². The fourth-order valence-electron chi connectivity index (χ4n) is 3.73. The largest absolute Gasteiger partial charge is 0.434 e. The summed E-state index contributed by atoms with van der Waals surface area (Å²) < 4.78 is 42.8. The number of rotatable bonds is 4. The maximum atomic E-state index is 14.3. The van der Waals surface area contributed by atoms with Gasteiger partial charge in [-0.15, -0.1) is 0 Å². The maximum Gasteiger partial charge on any atom is 0.434 e. The van der Waals surface area contributed by atoms with Crippen molar-refractivity contribution < 1.29 is 22.9 Å². The van der Waals surface area contributed by atoms with E-state index in [1.165, 1.54) is 23.1 Å². The molecule has 0 saturated carbocycles. The van der Waals surface area contributed by atoms with Gasteiger partial charge in [-0.25, -0.2) is 9.97 Å². The number of halogens is 3. The number of hydrogen-bond donors (Lipinski definition) is 0. The lowest BCUT2D eigenvalue weighted by Crippen LogP contribution is -2.47. The first-order chi connectivity index (χ1) is 16.1. The van der Waals surface area contributed by atoms with Crippen LogP contribution in [0.25, 0.3) is 22.6 Å². The summed E-state index contributed by atoms with van der Waals surface area (Å²) >= 11 is 0. The van der Waals surface area contributed by atoms with Gasteiger partial charge in [0.15, 0.2) is 11.5 Å². The number of nitro groups is 1. The number of benzene rings is 2. The molecule has 0 bridgehead atoms. The first-order valence-electron chi connectivity index (χ1n) is 10.4. The molecule has 0 spiro atoms. The number of alkyl halides is 3. The minimum Gasteiger partial charge on any atom is -0.336 e. The van der Waals surface area contributed by atoms with E-state index in [0.717, 1.165) is 6.07 Å². The van der Waals surface area contributed by atoms with Gasteiger partial charge < -0.3 is 9.80 Å². The zero-order valence-electron chi connectivity index (χ0n) is 18.1. The van der Waals surface area contributed by atoms with Crippen LogP contribution in [-0.4, -0.2) is 63.8 Å². The van der Waals surface area contributed by atoms with Crippen LogP contribution in [0.4, 0.5) is 18.9 Å². The van der Waals surface area contributed by atoms with Crippen molar-refractivity contribution in [2.24, 2.45) is 0 Å². The molecule has 0 aliphatic carbocycles. The van der Waals surface area contributed by atoms with Crippen LogP contribution in [0.5, 0.6) is 0 Å². The molecule has 34 heavy (non-hydrogen) atoms. The van der Waals surface area contributed by atoms with Gasteiger partial charge in [-0.2, -0.15) is 13.2 Å². The summed E-state index contributed by atoms with van der Waals surface area (Å²) in [7, 11) is 1.86. The zero-order chi connectivity index (χ0) is 24.5. The molecule has 1 aromatic heterocycles. The van der Waals surface area contributed by atoms with E-state index >= 15 is 0 Å². The number of nitro benzene ring substituents is 1. The van der Waals surface area contributed by atoms with Crippen LogP contribution < -0.4 is 0 Å². The van der Waals surface area contributed by atoms with E-state index in [0.29, 0.717) is 18.7 Å². The monoisotopic (exact) mass is 471 g/mol. The number of nitrogens with zero attached hydrogens (tertiary/aromatic N) is 5. The number of carbonyl (C=O) groups is 1. The molecule has 1 aliphatic rings. The van der Waals surface area contributed by atoms with E-state index in [2.05, 4.69) is 9.97 Å². The molecule has 11 heteroatoms. The van der Waals surface area contributed by atoms with E-state index in [1.54, 1.807) is 30.3 Å². The van der Waals surface area contributed by atoms with E-state index in [4.69, 9.17) is 0 Å². The Morgan fingerprint density at radius 1 is 0.971 bits per heavy atom. The van der Waals surface area contributed by atoms with Crippen molar-refractivity contribution in [3.05, 3.63) is 76.0 Å². The molecule has 1 saturated heterocycles. The topological polar surface area (TPSA) is 92.5 Å². The summed E-state index contributed by atoms with van der Waals surface area (Å²) in [5.41, 5.74) is -2.36. The highest BCUT2D eigenvalue weighted by molar-refractivity contribution is 6.01. The number of amides is 1. The Hall–Kier alpha value is -3.86. The van der Waals surface area contributed by atoms with Gasteiger partial charge in [-0.05, 0) is 7.05 Å². The van der Waals surface area contributed by atoms with E-state index < -0.39 is 28.3 Å². The smallest absolute Gasteiger partial charge is 0.336 e. The second-order valence-electron chi connectivity index (χ2n) is 7.89. The van der Waals surface area contributed by atoms with Gasteiger partial charge in [-0.3, -0.25) is 14.9 Å². The second kappa shape index (κ2) is 9.18. The minimum absolute atomic E-state index is 0.0248. The molecular weight excluding hydrogens is 451 g/mol. The molecule has 176 valence electrons. The fourth-order valence-corrected chi connectivity index (χ4v) is 3.73. The average molecular weight is 471 g/mol. The van der Waals surface area contributed by atoms with Gasteiger partial charge >= 0.3 is 6.18 Å². The van der Waals surface area contributed by atoms with Crippen LogP contribution in [0.2, 0.25) is 0 Å². The van der Waals surface area contributed by atoms with Crippen LogP contribution in [0, 0.1) is 10.1 Å². The molecule has 2 aromatic carbocycles. The average Bonchev–Trinajstić information content (AvgIpc) is 2.83. The first-order valence-corrected chi connectivity index (χ1v) is 10.4. The van der Waals surface area contributed by atoms with Gasteiger partial charge in [0.1, 0.15) is 0 Å². The number of carbonyl (C=O) groups excluding carboxylic acids is 1. The molecule has 0 unspecified atom stereocenters. The normalized spacial score (nSPS) is 14.8. The Morgan fingerprint density at radius 2 is 1.62 bits per heavy atom. The van der Waals surface area contributed by atoms with Crippen molar-refractivity contribution in [1.82, 2.24) is 19.8 Å². The summed E-state index contributed by atoms with van der Waals surface area (Å²) in [6.07, 6.45) is -4.96. The zero-order valence-corrected chi connectivity index (χ0v) is 18.1. The van der Waals surface area contributed by atoms with E-state index in [-0.39, 0.29) is 35.9 Å². The van der Waals surface area contributed by atoms with Crippen molar-refractivity contribution in [1.29, 1.82) is 0 Å². The molecule has 1 fully saturated rings. The SMILES string of the molecule is CN1CCN(C(=O)c2c(-c3cccc([N+](=O)[O-])c3)nc(-c3ccccc3)nc2C(F)(F)F)CC1. The van der Waals surface area contributed by atoms with Gasteiger partial charge in [-0.1, -0.05) is 42.5 Å². The van der Waals surface area contributed by atoms with Crippen molar-refractivity contribution >= 4 is 11.6 Å². The molecule has 0 N–H and O–H groups in total. The van der Waals surface area contributed by atoms with Gasteiger partial charge in [0.25, 0.3) is 11.6 Å². The second-order valence-corrected chi connectivity index (χ2v) is 7.89. The minimum atomic E-state index is -4.96. The Kier molecular flexibility index (Phi) is 6.29. The van der Waals surface area contributed by atoms with Crippen molar-refractivity contribution in [2.45, 2.75) is 6.18 Å². The Morgan fingerprint density at radius 3 is 2.24 bits per heavy atom. The standard InChI is InChI=1S/C23H20F3N5O3/c1-29-10-12-30(13-11-29)22(32)18-19(16-8-5-9-17(14-16)31(33)34)27-21(15-6-3-2-4-7-15)28-20(18)23(24,25)26/h2-9,14H,10-13H2,1H3. The molecule has 3 aromatic rings. The van der Waals surface area contributed by atoms with E-state index in [1.807, 2.05) is 11.9 Å². The quantitative estimate of drug-likeness (QED) is 0.420. The first kappa shape index (κ1) is 23.3. The Balaban J connectivity index is 1.98. The van der Waals surface area contributed by atoms with Gasteiger partial charge in [0, 0.05) is 49.4 Å². The highest BCUT2D eigenvalue weighted by Crippen LogP contribution is 2.38. The van der Waals surface area contributed by atoms with Crippen LogP contribution in [0.15, 0.2) is 54.6 Å². The highest BCUT2D eigenvalue weighted by atomic mass is 19.4. The number of likely N-dealkylation sites (N-methyl/N-ethyl adjacent to an activating group) is 1. The maximum absolute atomic E-state index is 14.3. The van der Waals surface area contributed by atoms with Crippen LogP contribution in [-0.2, 0) is 6.18 Å². The summed E-state index contributed by atoms with van der Waals surface area (Å²) in [4.78, 5) is 35.5. The summed E-state index contributed by atoms with van der Waals surface area (Å²) in [6, 6.07) is 13.1. The van der Waals surface area contributed by atoms with Crippen LogP contribution in [0.1, 0.15) is 16.1 Å². The molecule has 2 heterocycles. The number of piperazine rings is 1. The predicted octanol–water partition coefficient (Wildman–Crippen LogP) is 4.13. The lowest BCUT2D eigenvalue weighted by Gasteiger charge is -2.33. The third-order valence-corrected chi connectivity index (χ3v) is 5.54. The lowest BCUT2D eigenvalue weighted by atomic mass is 10.0. The molecule has 1 aliphatic heterocycles. The molecule has 0 atom stereocenters. The molecular formula is C23H20F3N5O3. The highest BCUT2D eigenvalue weighted by Gasteiger charge is 2.41. The number of hydrogen-bond acceptors (Lipinski definition) is 6.